The van der Waals surface area contributed by atoms with Gasteiger partial charge in [-0.3, -0.25) is 0 Å². The van der Waals surface area contributed by atoms with Crippen LogP contribution in [0.1, 0.15) is 17.0 Å². The second-order valence-corrected chi connectivity index (χ2v) is 7.88. The zero-order valence-corrected chi connectivity index (χ0v) is 15.1. The average molecular weight is 455 g/mol. The Morgan fingerprint density at radius 3 is 2.27 bits per heavy atom. The molecule has 26 heavy (non-hydrogen) atoms. The molecule has 3 nitrogen and oxygen atoms in total. The van der Waals surface area contributed by atoms with E-state index >= 15 is 0 Å². The second-order valence-electron chi connectivity index (χ2n) is 4.62. The zero-order valence-electron chi connectivity index (χ0n) is 12.0. The molecule has 0 aliphatic carbocycles. The Bertz CT molecular complexity index is 862. The number of rotatable bonds is 4. The highest BCUT2D eigenvalue weighted by Crippen LogP contribution is 2.45. The molecular formula is C13H4Cl3F6N3S. The summed E-state index contributed by atoms with van der Waals surface area (Å²) in [5, 5.41) is 11.9. The molecule has 0 saturated carbocycles. The number of nitriles is 1. The molecule has 1 heterocycles. The Kier molecular flexibility index (Phi) is 5.97. The molecule has 0 N–H and O–H groups in total. The first-order valence-electron chi connectivity index (χ1n) is 6.29. The lowest BCUT2D eigenvalue weighted by molar-refractivity contribution is -0.137. The molecule has 0 spiro atoms. The number of hydrogen-bond donors (Lipinski definition) is 0. The molecule has 2 rings (SSSR count). The predicted octanol–water partition coefficient (Wildman–Crippen LogP) is 6.18. The van der Waals surface area contributed by atoms with Crippen molar-refractivity contribution >= 4 is 46.6 Å². The number of aromatic nitrogens is 2. The van der Waals surface area contributed by atoms with Crippen molar-refractivity contribution in [2.75, 3.05) is 0 Å². The molecule has 0 saturated heterocycles. The van der Waals surface area contributed by atoms with E-state index in [1.54, 1.807) is 0 Å². The van der Waals surface area contributed by atoms with E-state index in [1.165, 1.54) is 6.07 Å². The summed E-state index contributed by atoms with van der Waals surface area (Å²) < 4.78 is 76.8. The number of nitrogens with zero attached hydrogens (tertiary/aromatic N) is 3. The molecule has 2 aromatic rings. The zero-order chi connectivity index (χ0) is 19.9. The van der Waals surface area contributed by atoms with Crippen LogP contribution in [0.5, 0.6) is 0 Å². The minimum atomic E-state index is -4.88. The van der Waals surface area contributed by atoms with Crippen molar-refractivity contribution in [2.45, 2.75) is 21.7 Å². The third-order valence-electron chi connectivity index (χ3n) is 2.94. The van der Waals surface area contributed by atoms with Crippen molar-refractivity contribution in [1.82, 2.24) is 9.78 Å². The van der Waals surface area contributed by atoms with Crippen LogP contribution in [-0.4, -0.2) is 13.7 Å². The van der Waals surface area contributed by atoms with Gasteiger partial charge in [-0.05, 0) is 23.9 Å². The lowest BCUT2D eigenvalue weighted by atomic mass is 10.2. The van der Waals surface area contributed by atoms with Gasteiger partial charge in [-0.1, -0.05) is 34.8 Å². The smallest absolute Gasteiger partial charge is 0.244 e. The van der Waals surface area contributed by atoms with E-state index in [2.05, 4.69) is 5.10 Å². The van der Waals surface area contributed by atoms with Gasteiger partial charge in [0.25, 0.3) is 0 Å². The largest absolute Gasteiger partial charge is 0.416 e. The van der Waals surface area contributed by atoms with Gasteiger partial charge in [0.05, 0.1) is 21.2 Å². The minimum Gasteiger partial charge on any atom is -0.244 e. The Hall–Kier alpha value is -1.28. The topological polar surface area (TPSA) is 41.6 Å². The first kappa shape index (κ1) is 21.0. The van der Waals surface area contributed by atoms with Gasteiger partial charge in [0.2, 0.25) is 0 Å². The highest BCUT2D eigenvalue weighted by atomic mass is 35.5. The average Bonchev–Trinajstić information content (AvgIpc) is 2.81. The van der Waals surface area contributed by atoms with Crippen molar-refractivity contribution in [1.29, 1.82) is 5.26 Å². The van der Waals surface area contributed by atoms with Gasteiger partial charge in [0.15, 0.2) is 11.5 Å². The third kappa shape index (κ3) is 4.34. The van der Waals surface area contributed by atoms with E-state index in [1.807, 2.05) is 0 Å². The number of alkyl halides is 7. The number of benzene rings is 1. The first-order valence-corrected chi connectivity index (χ1v) is 8.24. The summed E-state index contributed by atoms with van der Waals surface area (Å²) in [7, 11) is 0. The van der Waals surface area contributed by atoms with E-state index in [-0.39, 0.29) is 17.8 Å². The van der Waals surface area contributed by atoms with Gasteiger partial charge in [0.1, 0.15) is 18.4 Å². The van der Waals surface area contributed by atoms with E-state index in [0.717, 1.165) is 0 Å². The molecule has 1 aromatic heterocycles. The van der Waals surface area contributed by atoms with Gasteiger partial charge in [-0.25, -0.2) is 13.5 Å². The molecular weight excluding hydrogens is 451 g/mol. The minimum absolute atomic E-state index is 0.0106. The third-order valence-corrected chi connectivity index (χ3v) is 4.55. The Balaban J connectivity index is 2.72. The van der Waals surface area contributed by atoms with Crippen LogP contribution < -0.4 is 0 Å². The molecule has 13 heteroatoms. The quantitative estimate of drug-likeness (QED) is 0.315. The standard InChI is InChI=1S/C13H4Cl3F6N3S/c14-6-1-5(12(19,20)21)2-7(18)10(6)25-9(3-17)11(8(4-23)24-25)26-13(15,16)22/h1-2H,3H2. The summed E-state index contributed by atoms with van der Waals surface area (Å²) in [6.45, 7) is -1.39. The van der Waals surface area contributed by atoms with Gasteiger partial charge in [0, 0.05) is 0 Å². The summed E-state index contributed by atoms with van der Waals surface area (Å²) in [6.07, 6.45) is -4.88. The van der Waals surface area contributed by atoms with E-state index in [0.29, 0.717) is 10.7 Å². The Labute approximate surface area is 161 Å². The molecule has 0 atom stereocenters. The summed E-state index contributed by atoms with van der Waals surface area (Å²) in [4.78, 5) is -0.446. The van der Waals surface area contributed by atoms with Crippen LogP contribution in [-0.2, 0) is 12.9 Å². The van der Waals surface area contributed by atoms with Gasteiger partial charge < -0.3 is 0 Å². The van der Waals surface area contributed by atoms with E-state index in [4.69, 9.17) is 40.1 Å². The predicted molar refractivity (Wildman–Crippen MR) is 84.5 cm³/mol. The summed E-state index contributed by atoms with van der Waals surface area (Å²) in [5.41, 5.74) is -3.25. The van der Waals surface area contributed by atoms with E-state index < -0.39 is 55.1 Å². The second kappa shape index (κ2) is 7.38. The van der Waals surface area contributed by atoms with Gasteiger partial charge in [-0.15, -0.1) is 0 Å². The maximum Gasteiger partial charge on any atom is 0.416 e. The number of hydrogen-bond acceptors (Lipinski definition) is 3. The fourth-order valence-electron chi connectivity index (χ4n) is 1.97. The van der Waals surface area contributed by atoms with Crippen LogP contribution in [0.4, 0.5) is 26.3 Å². The fraction of sp³-hybridized carbons (Fsp3) is 0.231. The summed E-state index contributed by atoms with van der Waals surface area (Å²) >= 11 is 16.1. The fourth-order valence-corrected chi connectivity index (χ4v) is 3.39. The molecule has 1 aromatic carbocycles. The summed E-state index contributed by atoms with van der Waals surface area (Å²) in [6, 6.07) is 2.05. The van der Waals surface area contributed by atoms with Crippen LogP contribution in [0.2, 0.25) is 5.02 Å². The normalized spacial score (nSPS) is 12.3. The van der Waals surface area contributed by atoms with Crippen LogP contribution in [0.15, 0.2) is 17.0 Å². The van der Waals surface area contributed by atoms with Crippen molar-refractivity contribution in [3.05, 3.63) is 39.9 Å². The summed E-state index contributed by atoms with van der Waals surface area (Å²) in [5.74, 6) is -1.48. The Morgan fingerprint density at radius 1 is 1.23 bits per heavy atom. The van der Waals surface area contributed by atoms with Crippen LogP contribution in [0.3, 0.4) is 0 Å². The molecule has 0 aliphatic heterocycles. The number of halogens is 9. The lowest BCUT2D eigenvalue weighted by Crippen LogP contribution is -2.10. The highest BCUT2D eigenvalue weighted by Gasteiger charge is 2.34. The molecule has 0 amide bonds. The maximum absolute atomic E-state index is 14.2. The van der Waals surface area contributed by atoms with Crippen LogP contribution >= 0.6 is 46.6 Å². The Morgan fingerprint density at radius 2 is 1.85 bits per heavy atom. The number of thioether (sulfide) groups is 1. The molecule has 0 fully saturated rings. The SMILES string of the molecule is N#Cc1nn(-c2c(F)cc(C(F)(F)F)cc2Cl)c(CF)c1SC(F)(Cl)Cl. The van der Waals surface area contributed by atoms with Gasteiger partial charge in [-0.2, -0.15) is 27.9 Å². The van der Waals surface area contributed by atoms with Crippen molar-refractivity contribution in [3.8, 4) is 11.8 Å². The van der Waals surface area contributed by atoms with E-state index in [9.17, 15) is 26.3 Å². The van der Waals surface area contributed by atoms with Crippen molar-refractivity contribution in [3.63, 3.8) is 0 Å². The highest BCUT2D eigenvalue weighted by molar-refractivity contribution is 8.03. The maximum atomic E-state index is 14.2. The van der Waals surface area contributed by atoms with Crippen molar-refractivity contribution < 1.29 is 26.3 Å². The van der Waals surface area contributed by atoms with Crippen molar-refractivity contribution in [2.24, 2.45) is 0 Å². The molecule has 140 valence electrons. The molecule has 0 radical (unpaired) electrons. The van der Waals surface area contributed by atoms with Crippen LogP contribution in [0, 0.1) is 17.1 Å². The molecule has 0 unspecified atom stereocenters. The molecule has 0 aliphatic rings. The van der Waals surface area contributed by atoms with Crippen LogP contribution in [0.25, 0.3) is 5.69 Å². The van der Waals surface area contributed by atoms with Gasteiger partial charge >= 0.3 is 10.1 Å². The lowest BCUT2D eigenvalue weighted by Gasteiger charge is -2.13. The molecule has 0 bridgehead atoms. The monoisotopic (exact) mass is 453 g/mol. The first-order chi connectivity index (χ1) is 11.9.